The van der Waals surface area contributed by atoms with Crippen LogP contribution in [0.1, 0.15) is 32.3 Å². The fraction of sp³-hybridized carbons (Fsp3) is 0.409. The van der Waals surface area contributed by atoms with Crippen molar-refractivity contribution in [3.63, 3.8) is 0 Å². The molecule has 0 saturated carbocycles. The van der Waals surface area contributed by atoms with Gasteiger partial charge in [0.1, 0.15) is 11.4 Å². The van der Waals surface area contributed by atoms with Gasteiger partial charge in [-0.15, -0.1) is 10.2 Å². The second-order valence-electron chi connectivity index (χ2n) is 8.13. The van der Waals surface area contributed by atoms with E-state index in [1.807, 2.05) is 6.20 Å². The Morgan fingerprint density at radius 3 is 2.78 bits per heavy atom. The van der Waals surface area contributed by atoms with Crippen molar-refractivity contribution in [3.8, 4) is 17.0 Å². The summed E-state index contributed by atoms with van der Waals surface area (Å²) in [5.74, 6) is 0.321. The summed E-state index contributed by atoms with van der Waals surface area (Å²) < 4.78 is 46.0. The highest BCUT2D eigenvalue weighted by Gasteiger charge is 2.32. The number of nitrogens with one attached hydrogen (secondary N) is 1. The van der Waals surface area contributed by atoms with Gasteiger partial charge >= 0.3 is 6.18 Å². The first-order valence-electron chi connectivity index (χ1n) is 10.4. The summed E-state index contributed by atoms with van der Waals surface area (Å²) in [5, 5.41) is 12.0. The first-order chi connectivity index (χ1) is 15.3. The number of likely N-dealkylation sites (tertiary alicyclic amines) is 1. The number of halogens is 3. The third kappa shape index (κ3) is 4.40. The van der Waals surface area contributed by atoms with E-state index in [-0.39, 0.29) is 23.8 Å². The average Bonchev–Trinajstić information content (AvgIpc) is 3.24. The number of nitrogens with zero attached hydrogens (tertiary/aromatic N) is 4. The number of aromatic nitrogens is 3. The van der Waals surface area contributed by atoms with E-state index in [0.717, 1.165) is 38.1 Å². The second kappa shape index (κ2) is 8.78. The van der Waals surface area contributed by atoms with Crippen LogP contribution >= 0.6 is 0 Å². The van der Waals surface area contributed by atoms with Crippen LogP contribution in [-0.4, -0.2) is 51.1 Å². The minimum Gasteiger partial charge on any atom is -0.428 e. The molecule has 32 heavy (non-hydrogen) atoms. The summed E-state index contributed by atoms with van der Waals surface area (Å²) in [6.45, 7) is 6.39. The SMILES string of the molecule is CC(C)N1CCC[C@@H](Nc2nnc(-c3ccc(C(F)(F)F)cc3OC=O)c3cccn23)C1. The number of hydrogen-bond acceptors (Lipinski definition) is 6. The summed E-state index contributed by atoms with van der Waals surface area (Å²) in [4.78, 5) is 13.3. The van der Waals surface area contributed by atoms with Crippen LogP contribution in [0.3, 0.4) is 0 Å². The number of hydrogen-bond donors (Lipinski definition) is 1. The van der Waals surface area contributed by atoms with Crippen molar-refractivity contribution in [2.24, 2.45) is 0 Å². The molecule has 1 N–H and O–H groups in total. The van der Waals surface area contributed by atoms with E-state index in [1.54, 1.807) is 16.5 Å². The summed E-state index contributed by atoms with van der Waals surface area (Å²) in [6, 6.07) is 7.22. The van der Waals surface area contributed by atoms with Gasteiger partial charge < -0.3 is 10.1 Å². The number of alkyl halides is 3. The predicted octanol–water partition coefficient (Wildman–Crippen LogP) is 4.24. The molecule has 0 unspecified atom stereocenters. The smallest absolute Gasteiger partial charge is 0.416 e. The van der Waals surface area contributed by atoms with Crippen LogP contribution < -0.4 is 10.1 Å². The second-order valence-corrected chi connectivity index (χ2v) is 8.13. The Balaban J connectivity index is 1.69. The number of piperidine rings is 1. The topological polar surface area (TPSA) is 71.8 Å². The van der Waals surface area contributed by atoms with Crippen LogP contribution in [0, 0.1) is 0 Å². The van der Waals surface area contributed by atoms with Gasteiger partial charge in [0.05, 0.1) is 11.1 Å². The maximum Gasteiger partial charge on any atom is 0.416 e. The van der Waals surface area contributed by atoms with Gasteiger partial charge in [-0.05, 0) is 63.6 Å². The van der Waals surface area contributed by atoms with E-state index in [1.165, 1.54) is 6.07 Å². The molecule has 0 amide bonds. The molecule has 0 radical (unpaired) electrons. The molecular formula is C22H24F3N5O2. The van der Waals surface area contributed by atoms with Crippen LogP contribution in [0.2, 0.25) is 0 Å². The highest BCUT2D eigenvalue weighted by atomic mass is 19.4. The normalized spacial score (nSPS) is 17.6. The predicted molar refractivity (Wildman–Crippen MR) is 113 cm³/mol. The highest BCUT2D eigenvalue weighted by molar-refractivity contribution is 5.82. The number of fused-ring (bicyclic) bond motifs is 1. The molecular weight excluding hydrogens is 423 g/mol. The van der Waals surface area contributed by atoms with E-state index in [4.69, 9.17) is 4.74 Å². The molecule has 7 nitrogen and oxygen atoms in total. The zero-order valence-corrected chi connectivity index (χ0v) is 17.8. The quantitative estimate of drug-likeness (QED) is 0.570. The van der Waals surface area contributed by atoms with Gasteiger partial charge in [0.25, 0.3) is 6.47 Å². The van der Waals surface area contributed by atoms with Crippen molar-refractivity contribution in [1.82, 2.24) is 19.5 Å². The Kier molecular flexibility index (Phi) is 6.05. The van der Waals surface area contributed by atoms with Crippen molar-refractivity contribution in [1.29, 1.82) is 0 Å². The lowest BCUT2D eigenvalue weighted by atomic mass is 10.0. The summed E-state index contributed by atoms with van der Waals surface area (Å²) in [7, 11) is 0. The lowest BCUT2D eigenvalue weighted by Crippen LogP contribution is -2.45. The van der Waals surface area contributed by atoms with Crippen LogP contribution in [0.5, 0.6) is 5.75 Å². The maximum atomic E-state index is 13.1. The monoisotopic (exact) mass is 447 g/mol. The van der Waals surface area contributed by atoms with Gasteiger partial charge in [0.15, 0.2) is 0 Å². The number of benzene rings is 1. The van der Waals surface area contributed by atoms with Gasteiger partial charge in [-0.25, -0.2) is 0 Å². The Hall–Kier alpha value is -3.14. The number of rotatable bonds is 6. The minimum absolute atomic E-state index is 0.0984. The Labute approximate surface area is 183 Å². The summed E-state index contributed by atoms with van der Waals surface area (Å²) in [6.07, 6.45) is -0.670. The molecule has 1 fully saturated rings. The van der Waals surface area contributed by atoms with Crippen LogP contribution in [0.25, 0.3) is 16.8 Å². The molecule has 0 spiro atoms. The zero-order chi connectivity index (χ0) is 22.9. The van der Waals surface area contributed by atoms with Crippen LogP contribution in [0.4, 0.5) is 19.1 Å². The number of ether oxygens (including phenoxy) is 1. The van der Waals surface area contributed by atoms with Crippen molar-refractivity contribution >= 4 is 17.9 Å². The summed E-state index contributed by atoms with van der Waals surface area (Å²) >= 11 is 0. The third-order valence-corrected chi connectivity index (χ3v) is 5.72. The molecule has 10 heteroatoms. The third-order valence-electron chi connectivity index (χ3n) is 5.72. The molecule has 0 bridgehead atoms. The first kappa shape index (κ1) is 22.1. The first-order valence-corrected chi connectivity index (χ1v) is 10.4. The molecule has 4 rings (SSSR count). The lowest BCUT2D eigenvalue weighted by Gasteiger charge is -2.35. The molecule has 1 aliphatic rings. The highest BCUT2D eigenvalue weighted by Crippen LogP contribution is 2.38. The Morgan fingerprint density at radius 2 is 2.06 bits per heavy atom. The van der Waals surface area contributed by atoms with E-state index in [2.05, 4.69) is 34.3 Å². The maximum absolute atomic E-state index is 13.1. The molecule has 0 aliphatic carbocycles. The van der Waals surface area contributed by atoms with Crippen molar-refractivity contribution < 1.29 is 22.7 Å². The van der Waals surface area contributed by atoms with Gasteiger partial charge in [-0.2, -0.15) is 13.2 Å². The molecule has 1 saturated heterocycles. The fourth-order valence-electron chi connectivity index (χ4n) is 4.07. The number of anilines is 1. The average molecular weight is 447 g/mol. The number of carbonyl (C=O) groups is 1. The van der Waals surface area contributed by atoms with Crippen molar-refractivity contribution in [2.45, 2.75) is 44.9 Å². The largest absolute Gasteiger partial charge is 0.428 e. The van der Waals surface area contributed by atoms with Gasteiger partial charge in [0, 0.05) is 30.4 Å². The Bertz CT molecular complexity index is 1110. The zero-order valence-electron chi connectivity index (χ0n) is 17.8. The fourth-order valence-corrected chi connectivity index (χ4v) is 4.07. The molecule has 1 atom stereocenters. The summed E-state index contributed by atoms with van der Waals surface area (Å²) in [5.41, 5.74) is 0.285. The standard InChI is InChI=1S/C22H24F3N5O2/c1-14(2)29-9-3-5-16(12-29)26-21-28-27-20(18-6-4-10-30(18)21)17-8-7-15(22(23,24)25)11-19(17)32-13-31/h4,6-8,10-11,13-14,16H,3,5,9,12H2,1-2H3,(H,26,28)/t16-/m1/s1. The van der Waals surface area contributed by atoms with E-state index in [9.17, 15) is 18.0 Å². The van der Waals surface area contributed by atoms with Gasteiger partial charge in [-0.1, -0.05) is 0 Å². The molecule has 2 aromatic heterocycles. The lowest BCUT2D eigenvalue weighted by molar-refractivity contribution is -0.138. The molecule has 3 heterocycles. The van der Waals surface area contributed by atoms with Gasteiger partial charge in [-0.3, -0.25) is 14.1 Å². The molecule has 1 aromatic carbocycles. The molecule has 3 aromatic rings. The van der Waals surface area contributed by atoms with Crippen molar-refractivity contribution in [2.75, 3.05) is 18.4 Å². The molecule has 170 valence electrons. The van der Waals surface area contributed by atoms with Crippen LogP contribution in [-0.2, 0) is 11.0 Å². The van der Waals surface area contributed by atoms with Gasteiger partial charge in [0.2, 0.25) is 5.95 Å². The van der Waals surface area contributed by atoms with E-state index < -0.39 is 11.7 Å². The van der Waals surface area contributed by atoms with E-state index in [0.29, 0.717) is 23.2 Å². The minimum atomic E-state index is -4.56. The van der Waals surface area contributed by atoms with Crippen LogP contribution in [0.15, 0.2) is 36.5 Å². The van der Waals surface area contributed by atoms with Crippen molar-refractivity contribution in [3.05, 3.63) is 42.1 Å². The van der Waals surface area contributed by atoms with E-state index >= 15 is 0 Å². The molecule has 1 aliphatic heterocycles. The number of carbonyl (C=O) groups excluding carboxylic acids is 1. The Morgan fingerprint density at radius 1 is 1.25 bits per heavy atom.